The molecule has 1 saturated heterocycles. The molecule has 2 fully saturated rings. The van der Waals surface area contributed by atoms with Crippen LogP contribution in [0.25, 0.3) is 0 Å². The summed E-state index contributed by atoms with van der Waals surface area (Å²) in [6.45, 7) is 5.68. The minimum atomic E-state index is -0.0412. The number of nitrogens with one attached hydrogen (secondary N) is 2. The number of benzene rings is 1. The van der Waals surface area contributed by atoms with Gasteiger partial charge in [-0.25, -0.2) is 9.78 Å². The number of pyridine rings is 1. The van der Waals surface area contributed by atoms with Gasteiger partial charge >= 0.3 is 6.03 Å². The highest BCUT2D eigenvalue weighted by molar-refractivity contribution is 6.01. The van der Waals surface area contributed by atoms with Crippen molar-refractivity contribution in [1.29, 1.82) is 10.8 Å². The van der Waals surface area contributed by atoms with Gasteiger partial charge in [0.1, 0.15) is 11.5 Å². The number of amides is 2. The molecular weight excluding hydrogens is 404 g/mol. The van der Waals surface area contributed by atoms with Crippen molar-refractivity contribution in [2.75, 3.05) is 18.0 Å². The van der Waals surface area contributed by atoms with E-state index in [0.717, 1.165) is 24.7 Å². The van der Waals surface area contributed by atoms with Gasteiger partial charge in [-0.2, -0.15) is 0 Å². The largest absolute Gasteiger partial charge is 0.373 e. The Labute approximate surface area is 188 Å². The summed E-state index contributed by atoms with van der Waals surface area (Å²) in [7, 11) is 0. The van der Waals surface area contributed by atoms with Crippen LogP contribution in [0.3, 0.4) is 0 Å². The van der Waals surface area contributed by atoms with Crippen LogP contribution in [-0.2, 0) is 11.3 Å². The molecule has 0 radical (unpaired) electrons. The van der Waals surface area contributed by atoms with Crippen molar-refractivity contribution >= 4 is 24.0 Å². The van der Waals surface area contributed by atoms with E-state index in [-0.39, 0.29) is 30.1 Å². The smallest absolute Gasteiger partial charge is 0.326 e. The summed E-state index contributed by atoms with van der Waals surface area (Å²) in [4.78, 5) is 22.8. The van der Waals surface area contributed by atoms with Crippen LogP contribution >= 0.6 is 0 Å². The highest BCUT2D eigenvalue weighted by Crippen LogP contribution is 2.32. The van der Waals surface area contributed by atoms with Crippen molar-refractivity contribution in [3.05, 3.63) is 59.8 Å². The fraction of sp³-hybridized carbons (Fsp3) is 0.417. The summed E-state index contributed by atoms with van der Waals surface area (Å²) in [5.74, 6) is 0.697. The topological polar surface area (TPSA) is 96.6 Å². The van der Waals surface area contributed by atoms with Gasteiger partial charge in [-0.1, -0.05) is 36.4 Å². The fourth-order valence-electron chi connectivity index (χ4n) is 4.13. The number of hydrogen-bond donors (Lipinski definition) is 2. The average molecular weight is 435 g/mol. The molecule has 1 aliphatic heterocycles. The monoisotopic (exact) mass is 434 g/mol. The molecule has 1 saturated carbocycles. The van der Waals surface area contributed by atoms with Crippen molar-refractivity contribution in [3.8, 4) is 0 Å². The molecule has 1 aromatic heterocycles. The predicted molar refractivity (Wildman–Crippen MR) is 124 cm³/mol. The van der Waals surface area contributed by atoms with Crippen molar-refractivity contribution in [2.24, 2.45) is 0 Å². The molecule has 2 heterocycles. The van der Waals surface area contributed by atoms with E-state index in [1.807, 2.05) is 36.9 Å². The van der Waals surface area contributed by atoms with Gasteiger partial charge in [-0.15, -0.1) is 0 Å². The second kappa shape index (κ2) is 9.48. The molecule has 2 amide bonds. The molecule has 0 atom stereocenters. The third-order valence-corrected chi connectivity index (χ3v) is 6.09. The van der Waals surface area contributed by atoms with Crippen LogP contribution in [-0.4, -0.2) is 64.3 Å². The SMILES string of the molecule is CC(C)N(C=N)C(=N)c1cccc(N2CCN([C@H]3C[C@@H](OCc4ccccc4)C3)C2=O)n1. The highest BCUT2D eigenvalue weighted by atomic mass is 16.5. The van der Waals surface area contributed by atoms with Crippen LogP contribution in [0.2, 0.25) is 0 Å². The zero-order chi connectivity index (χ0) is 22.7. The number of anilines is 1. The Balaban J connectivity index is 1.34. The molecule has 4 rings (SSSR count). The Morgan fingerprint density at radius 1 is 1.19 bits per heavy atom. The van der Waals surface area contributed by atoms with Crippen molar-refractivity contribution in [1.82, 2.24) is 14.8 Å². The molecule has 2 aromatic rings. The lowest BCUT2D eigenvalue weighted by Gasteiger charge is -2.40. The van der Waals surface area contributed by atoms with E-state index in [9.17, 15) is 4.79 Å². The molecule has 0 spiro atoms. The summed E-state index contributed by atoms with van der Waals surface area (Å²) in [5.41, 5.74) is 1.61. The highest BCUT2D eigenvalue weighted by Gasteiger charge is 2.42. The van der Waals surface area contributed by atoms with E-state index in [1.165, 1.54) is 4.90 Å². The molecule has 1 aromatic carbocycles. The molecule has 0 bridgehead atoms. The van der Waals surface area contributed by atoms with Crippen LogP contribution in [0.5, 0.6) is 0 Å². The molecule has 2 N–H and O–H groups in total. The Kier molecular flexibility index (Phi) is 6.50. The lowest BCUT2D eigenvalue weighted by atomic mass is 9.88. The minimum Gasteiger partial charge on any atom is -0.373 e. The summed E-state index contributed by atoms with van der Waals surface area (Å²) in [6.07, 6.45) is 3.03. The van der Waals surface area contributed by atoms with Crippen LogP contribution in [0.4, 0.5) is 10.6 Å². The molecular formula is C24H30N6O2. The van der Waals surface area contributed by atoms with Crippen LogP contribution in [0.15, 0.2) is 48.5 Å². The third-order valence-electron chi connectivity index (χ3n) is 6.09. The normalized spacial score (nSPS) is 20.4. The number of carbonyl (C=O) groups excluding carboxylic acids is 1. The first-order chi connectivity index (χ1) is 15.5. The lowest BCUT2D eigenvalue weighted by Crippen LogP contribution is -2.49. The number of amidine groups is 1. The molecule has 8 nitrogen and oxygen atoms in total. The molecule has 2 aliphatic rings. The van der Waals surface area contributed by atoms with E-state index in [2.05, 4.69) is 17.1 Å². The van der Waals surface area contributed by atoms with Gasteiger partial charge in [0.15, 0.2) is 5.84 Å². The molecule has 1 aliphatic carbocycles. The molecule has 168 valence electrons. The van der Waals surface area contributed by atoms with Crippen molar-refractivity contribution in [2.45, 2.75) is 51.5 Å². The van der Waals surface area contributed by atoms with Crippen LogP contribution < -0.4 is 4.90 Å². The Hall–Kier alpha value is -3.26. The fourth-order valence-corrected chi connectivity index (χ4v) is 4.13. The van der Waals surface area contributed by atoms with Gasteiger partial charge in [0.05, 0.1) is 19.0 Å². The number of urea groups is 1. The van der Waals surface area contributed by atoms with E-state index < -0.39 is 0 Å². The number of carbonyl (C=O) groups is 1. The van der Waals surface area contributed by atoms with Gasteiger partial charge in [-0.3, -0.25) is 15.7 Å². The van der Waals surface area contributed by atoms with Crippen molar-refractivity contribution < 1.29 is 9.53 Å². The second-order valence-electron chi connectivity index (χ2n) is 8.53. The quantitative estimate of drug-likeness (QED) is 0.489. The Bertz CT molecular complexity index is 973. The van der Waals surface area contributed by atoms with E-state index in [4.69, 9.17) is 15.6 Å². The molecule has 8 heteroatoms. The van der Waals surface area contributed by atoms with Crippen LogP contribution in [0.1, 0.15) is 37.9 Å². The maximum Gasteiger partial charge on any atom is 0.326 e. The summed E-state index contributed by atoms with van der Waals surface area (Å²) < 4.78 is 5.98. The lowest BCUT2D eigenvalue weighted by molar-refractivity contribution is -0.0459. The number of ether oxygens (including phenoxy) is 1. The first kappa shape index (κ1) is 22.0. The van der Waals surface area contributed by atoms with E-state index in [1.54, 1.807) is 23.1 Å². The number of nitrogens with zero attached hydrogens (tertiary/aromatic N) is 4. The Morgan fingerprint density at radius 2 is 1.94 bits per heavy atom. The van der Waals surface area contributed by atoms with Gasteiger partial charge in [0.2, 0.25) is 0 Å². The number of rotatable bonds is 8. The van der Waals surface area contributed by atoms with Crippen molar-refractivity contribution in [3.63, 3.8) is 0 Å². The number of aromatic nitrogens is 1. The van der Waals surface area contributed by atoms with Gasteiger partial charge < -0.3 is 14.5 Å². The predicted octanol–water partition coefficient (Wildman–Crippen LogP) is 3.71. The Morgan fingerprint density at radius 3 is 2.62 bits per heavy atom. The zero-order valence-corrected chi connectivity index (χ0v) is 18.6. The van der Waals surface area contributed by atoms with Crippen LogP contribution in [0, 0.1) is 10.8 Å². The maximum absolute atomic E-state index is 13.1. The van der Waals surface area contributed by atoms with Gasteiger partial charge in [0, 0.05) is 25.2 Å². The van der Waals surface area contributed by atoms with E-state index >= 15 is 0 Å². The molecule has 32 heavy (non-hydrogen) atoms. The average Bonchev–Trinajstić information content (AvgIpc) is 3.14. The summed E-state index contributed by atoms with van der Waals surface area (Å²) in [5, 5.41) is 16.0. The minimum absolute atomic E-state index is 0.0231. The summed E-state index contributed by atoms with van der Waals surface area (Å²) >= 11 is 0. The standard InChI is InChI=1S/C24H30N6O2/c1-17(2)30(16-25)23(26)21-9-6-10-22(27-21)29-12-11-28(24(29)31)19-13-20(14-19)32-15-18-7-4-3-5-8-18/h3-10,16-17,19-20,25-26H,11-15H2,1-2H3/t19-,20+. The van der Waals surface area contributed by atoms with Gasteiger partial charge in [0.25, 0.3) is 0 Å². The molecule has 0 unspecified atom stereocenters. The van der Waals surface area contributed by atoms with Gasteiger partial charge in [-0.05, 0) is 44.4 Å². The second-order valence-corrected chi connectivity index (χ2v) is 8.53. The first-order valence-corrected chi connectivity index (χ1v) is 11.1. The zero-order valence-electron chi connectivity index (χ0n) is 18.6. The summed E-state index contributed by atoms with van der Waals surface area (Å²) in [6, 6.07) is 15.6. The van der Waals surface area contributed by atoms with E-state index in [0.29, 0.717) is 31.2 Å². The first-order valence-electron chi connectivity index (χ1n) is 11.1. The number of hydrogen-bond acceptors (Lipinski definition) is 5. The maximum atomic E-state index is 13.1. The third kappa shape index (κ3) is 4.50.